The highest BCUT2D eigenvalue weighted by atomic mass is 19.1. The maximum atomic E-state index is 13.7. The highest BCUT2D eigenvalue weighted by molar-refractivity contribution is 6.04. The van der Waals surface area contributed by atoms with Crippen molar-refractivity contribution in [2.75, 3.05) is 5.32 Å². The first-order valence-electron chi connectivity index (χ1n) is 7.84. The average molecular weight is 331 g/mol. The molecule has 1 amide bonds. The average Bonchev–Trinajstić information content (AvgIpc) is 3.13. The third-order valence-corrected chi connectivity index (χ3v) is 4.35. The standard InChI is InChI=1S/C18H15F2NO3/c19-12-4-3-5-13(20)16(12)17(22)21-11-6-7-14-15(10-11)24-18(23-14)8-1-2-9-18/h3-7,10H,1-2,8-9H2,(H,21,22). The van der Waals surface area contributed by atoms with Gasteiger partial charge in [0.05, 0.1) is 0 Å². The van der Waals surface area contributed by atoms with Gasteiger partial charge in [0, 0.05) is 24.6 Å². The van der Waals surface area contributed by atoms with Gasteiger partial charge < -0.3 is 14.8 Å². The van der Waals surface area contributed by atoms with Crippen molar-refractivity contribution in [2.45, 2.75) is 31.5 Å². The molecule has 0 atom stereocenters. The van der Waals surface area contributed by atoms with Crippen LogP contribution in [0.25, 0.3) is 0 Å². The van der Waals surface area contributed by atoms with Crippen LogP contribution in [0.2, 0.25) is 0 Å². The van der Waals surface area contributed by atoms with Gasteiger partial charge in [0.15, 0.2) is 11.5 Å². The van der Waals surface area contributed by atoms with E-state index in [1.54, 1.807) is 18.2 Å². The number of anilines is 1. The van der Waals surface area contributed by atoms with Crippen LogP contribution in [-0.4, -0.2) is 11.7 Å². The maximum absolute atomic E-state index is 13.7. The van der Waals surface area contributed by atoms with Gasteiger partial charge in [-0.3, -0.25) is 4.79 Å². The van der Waals surface area contributed by atoms with Crippen molar-refractivity contribution in [2.24, 2.45) is 0 Å². The summed E-state index contributed by atoms with van der Waals surface area (Å²) in [5.74, 6) is -2.10. The second-order valence-electron chi connectivity index (χ2n) is 6.03. The van der Waals surface area contributed by atoms with Crippen LogP contribution in [0, 0.1) is 11.6 Å². The Hall–Kier alpha value is -2.63. The van der Waals surface area contributed by atoms with E-state index in [0.717, 1.165) is 37.8 Å². The number of hydrogen-bond acceptors (Lipinski definition) is 3. The molecule has 0 aromatic heterocycles. The van der Waals surface area contributed by atoms with Crippen molar-refractivity contribution in [3.05, 3.63) is 53.6 Å². The summed E-state index contributed by atoms with van der Waals surface area (Å²) in [4.78, 5) is 12.1. The Bertz CT molecular complexity index is 796. The van der Waals surface area contributed by atoms with Crippen molar-refractivity contribution >= 4 is 11.6 Å². The fraction of sp³-hybridized carbons (Fsp3) is 0.278. The maximum Gasteiger partial charge on any atom is 0.261 e. The molecule has 2 aromatic carbocycles. The summed E-state index contributed by atoms with van der Waals surface area (Å²) in [7, 11) is 0. The lowest BCUT2D eigenvalue weighted by atomic mass is 10.1. The lowest BCUT2D eigenvalue weighted by molar-refractivity contribution is -0.0716. The van der Waals surface area contributed by atoms with Gasteiger partial charge in [0.25, 0.3) is 11.7 Å². The number of ether oxygens (including phenoxy) is 2. The summed E-state index contributed by atoms with van der Waals surface area (Å²) >= 11 is 0. The first-order valence-corrected chi connectivity index (χ1v) is 7.84. The van der Waals surface area contributed by atoms with E-state index in [4.69, 9.17) is 9.47 Å². The zero-order valence-electron chi connectivity index (χ0n) is 12.8. The van der Waals surface area contributed by atoms with Gasteiger partial charge in [-0.15, -0.1) is 0 Å². The second kappa shape index (κ2) is 5.47. The van der Waals surface area contributed by atoms with E-state index in [0.29, 0.717) is 17.2 Å². The van der Waals surface area contributed by atoms with E-state index in [1.807, 2.05) is 0 Å². The van der Waals surface area contributed by atoms with Crippen LogP contribution in [-0.2, 0) is 0 Å². The summed E-state index contributed by atoms with van der Waals surface area (Å²) in [6, 6.07) is 8.22. The van der Waals surface area contributed by atoms with Gasteiger partial charge in [-0.05, 0) is 37.1 Å². The fourth-order valence-electron chi connectivity index (χ4n) is 3.20. The van der Waals surface area contributed by atoms with Crippen LogP contribution >= 0.6 is 0 Å². The molecule has 124 valence electrons. The minimum Gasteiger partial charge on any atom is -0.448 e. The number of benzene rings is 2. The summed E-state index contributed by atoms with van der Waals surface area (Å²) in [5.41, 5.74) is -0.220. The van der Waals surface area contributed by atoms with Gasteiger partial charge >= 0.3 is 0 Å². The quantitative estimate of drug-likeness (QED) is 0.894. The first-order chi connectivity index (χ1) is 11.6. The molecular weight excluding hydrogens is 316 g/mol. The van der Waals surface area contributed by atoms with E-state index < -0.39 is 28.9 Å². The number of amides is 1. The third-order valence-electron chi connectivity index (χ3n) is 4.35. The Morgan fingerprint density at radius 3 is 2.38 bits per heavy atom. The molecule has 1 aliphatic carbocycles. The smallest absolute Gasteiger partial charge is 0.261 e. The molecule has 6 heteroatoms. The van der Waals surface area contributed by atoms with Crippen LogP contribution < -0.4 is 14.8 Å². The first kappa shape index (κ1) is 14.9. The number of rotatable bonds is 2. The third kappa shape index (κ3) is 2.48. The summed E-state index contributed by atoms with van der Waals surface area (Å²) in [6.45, 7) is 0. The second-order valence-corrected chi connectivity index (χ2v) is 6.03. The Morgan fingerprint density at radius 2 is 1.67 bits per heavy atom. The molecule has 1 fully saturated rings. The lowest BCUT2D eigenvalue weighted by Crippen LogP contribution is -2.34. The zero-order valence-corrected chi connectivity index (χ0v) is 12.8. The highest BCUT2D eigenvalue weighted by Gasteiger charge is 2.44. The molecule has 0 unspecified atom stereocenters. The van der Waals surface area contributed by atoms with E-state index in [-0.39, 0.29) is 0 Å². The minimum absolute atomic E-state index is 0.389. The van der Waals surface area contributed by atoms with Crippen LogP contribution in [0.3, 0.4) is 0 Å². The van der Waals surface area contributed by atoms with Crippen molar-refractivity contribution in [1.29, 1.82) is 0 Å². The topological polar surface area (TPSA) is 47.6 Å². The molecule has 0 bridgehead atoms. The number of carbonyl (C=O) groups excluding carboxylic acids is 1. The van der Waals surface area contributed by atoms with Gasteiger partial charge in [-0.1, -0.05) is 6.07 Å². The van der Waals surface area contributed by atoms with Crippen LogP contribution in [0.1, 0.15) is 36.0 Å². The molecule has 1 saturated carbocycles. The largest absolute Gasteiger partial charge is 0.448 e. The predicted molar refractivity (Wildman–Crippen MR) is 83.2 cm³/mol. The Kier molecular flexibility index (Phi) is 3.40. The van der Waals surface area contributed by atoms with E-state index in [9.17, 15) is 13.6 Å². The van der Waals surface area contributed by atoms with Gasteiger partial charge in [-0.2, -0.15) is 0 Å². The summed E-state index contributed by atoms with van der Waals surface area (Å²) < 4.78 is 39.1. The number of carbonyl (C=O) groups is 1. The summed E-state index contributed by atoms with van der Waals surface area (Å²) in [5, 5.41) is 2.49. The monoisotopic (exact) mass is 331 g/mol. The van der Waals surface area contributed by atoms with E-state index in [2.05, 4.69) is 5.32 Å². The van der Waals surface area contributed by atoms with Crippen molar-refractivity contribution in [3.8, 4) is 11.5 Å². The zero-order chi connectivity index (χ0) is 16.7. The molecule has 1 spiro atoms. The van der Waals surface area contributed by atoms with Crippen molar-refractivity contribution in [3.63, 3.8) is 0 Å². The summed E-state index contributed by atoms with van der Waals surface area (Å²) in [6.07, 6.45) is 3.74. The number of fused-ring (bicyclic) bond motifs is 1. The van der Waals surface area contributed by atoms with Gasteiger partial charge in [-0.25, -0.2) is 8.78 Å². The molecule has 1 N–H and O–H groups in total. The lowest BCUT2D eigenvalue weighted by Gasteiger charge is -2.21. The number of halogens is 2. The normalized spacial score (nSPS) is 17.2. The van der Waals surface area contributed by atoms with E-state index in [1.165, 1.54) is 6.07 Å². The van der Waals surface area contributed by atoms with E-state index >= 15 is 0 Å². The highest BCUT2D eigenvalue weighted by Crippen LogP contribution is 2.47. The van der Waals surface area contributed by atoms with Crippen LogP contribution in [0.4, 0.5) is 14.5 Å². The molecular formula is C18H15F2NO3. The molecule has 0 saturated heterocycles. The SMILES string of the molecule is O=C(Nc1ccc2c(c1)OC1(CCCC1)O2)c1c(F)cccc1F. The fourth-order valence-corrected chi connectivity index (χ4v) is 3.20. The molecule has 1 aliphatic heterocycles. The molecule has 2 aromatic rings. The van der Waals surface area contributed by atoms with Crippen molar-refractivity contribution in [1.82, 2.24) is 0 Å². The Balaban J connectivity index is 1.56. The Morgan fingerprint density at radius 1 is 1.00 bits per heavy atom. The predicted octanol–water partition coefficient (Wildman–Crippen LogP) is 4.26. The Labute approximate surface area is 137 Å². The van der Waals surface area contributed by atoms with Gasteiger partial charge in [0.1, 0.15) is 17.2 Å². The number of nitrogens with one attached hydrogen (secondary N) is 1. The molecule has 24 heavy (non-hydrogen) atoms. The molecule has 0 radical (unpaired) electrons. The van der Waals surface area contributed by atoms with Gasteiger partial charge in [0.2, 0.25) is 0 Å². The number of hydrogen-bond donors (Lipinski definition) is 1. The molecule has 1 heterocycles. The molecule has 4 nitrogen and oxygen atoms in total. The minimum atomic E-state index is -0.904. The van der Waals surface area contributed by atoms with Crippen LogP contribution in [0.5, 0.6) is 11.5 Å². The van der Waals surface area contributed by atoms with Crippen LogP contribution in [0.15, 0.2) is 36.4 Å². The van der Waals surface area contributed by atoms with Crippen molar-refractivity contribution < 1.29 is 23.0 Å². The molecule has 4 rings (SSSR count). The molecule has 2 aliphatic rings.